The number of carbonyl (C=O) groups excluding carboxylic acids is 1. The Bertz CT molecular complexity index is 599. The van der Waals surface area contributed by atoms with Gasteiger partial charge in [0.05, 0.1) is 5.56 Å². The smallest absolute Gasteiger partial charge is 0.253 e. The highest BCUT2D eigenvalue weighted by Crippen LogP contribution is 2.18. The number of aryl methyl sites for hydroxylation is 1. The van der Waals surface area contributed by atoms with Gasteiger partial charge in [0.2, 0.25) is 0 Å². The van der Waals surface area contributed by atoms with Gasteiger partial charge in [-0.1, -0.05) is 6.92 Å². The van der Waals surface area contributed by atoms with Crippen molar-refractivity contribution >= 4 is 5.91 Å². The second-order valence-corrected chi connectivity index (χ2v) is 5.07. The quantitative estimate of drug-likeness (QED) is 0.925. The van der Waals surface area contributed by atoms with Gasteiger partial charge in [0, 0.05) is 31.1 Å². The third-order valence-corrected chi connectivity index (χ3v) is 3.73. The van der Waals surface area contributed by atoms with Crippen LogP contribution >= 0.6 is 0 Å². The summed E-state index contributed by atoms with van der Waals surface area (Å²) >= 11 is 0. The molecule has 104 valence electrons. The van der Waals surface area contributed by atoms with Crippen LogP contribution < -0.4 is 5.32 Å². The minimum Gasteiger partial charge on any atom is -0.349 e. The van der Waals surface area contributed by atoms with Crippen LogP contribution in [0.15, 0.2) is 30.7 Å². The molecule has 0 unspecified atom stereocenters. The molecule has 2 aromatic heterocycles. The number of imidazole rings is 1. The van der Waals surface area contributed by atoms with Crippen molar-refractivity contribution in [3.63, 3.8) is 0 Å². The van der Waals surface area contributed by atoms with Crippen LogP contribution in [0.3, 0.4) is 0 Å². The van der Waals surface area contributed by atoms with Crippen LogP contribution in [0, 0.1) is 0 Å². The van der Waals surface area contributed by atoms with E-state index in [0.29, 0.717) is 11.6 Å². The van der Waals surface area contributed by atoms with Crippen molar-refractivity contribution in [3.05, 3.63) is 42.1 Å². The fourth-order valence-corrected chi connectivity index (χ4v) is 2.29. The maximum atomic E-state index is 12.0. The number of pyridine rings is 1. The standard InChI is InChI=1S/C15H18N4O/c1-2-13-16-8-9-19(13)14-7-6-11(10-17-14)15(20)18-12-4-3-5-12/h6-10,12H,2-5H2,1H3,(H,18,20). The summed E-state index contributed by atoms with van der Waals surface area (Å²) < 4.78 is 1.94. The Morgan fingerprint density at radius 1 is 1.40 bits per heavy atom. The third-order valence-electron chi connectivity index (χ3n) is 3.73. The van der Waals surface area contributed by atoms with Crippen LogP contribution in [0.4, 0.5) is 0 Å². The maximum absolute atomic E-state index is 12.0. The van der Waals surface area contributed by atoms with Gasteiger partial charge in [-0.25, -0.2) is 9.97 Å². The van der Waals surface area contributed by atoms with Crippen LogP contribution in [0.2, 0.25) is 0 Å². The first-order chi connectivity index (χ1) is 9.78. The molecule has 0 aromatic carbocycles. The van der Waals surface area contributed by atoms with Gasteiger partial charge in [0.25, 0.3) is 5.91 Å². The fourth-order valence-electron chi connectivity index (χ4n) is 2.29. The van der Waals surface area contributed by atoms with Crippen molar-refractivity contribution in [1.82, 2.24) is 19.9 Å². The molecule has 1 saturated carbocycles. The SMILES string of the molecule is CCc1nccn1-c1ccc(C(=O)NC2CCC2)cn1. The van der Waals surface area contributed by atoms with Crippen LogP contribution in [0.25, 0.3) is 5.82 Å². The Kier molecular flexibility index (Phi) is 3.50. The Morgan fingerprint density at radius 3 is 2.85 bits per heavy atom. The van der Waals surface area contributed by atoms with Gasteiger partial charge in [-0.3, -0.25) is 9.36 Å². The molecule has 0 saturated heterocycles. The van der Waals surface area contributed by atoms with E-state index in [9.17, 15) is 4.79 Å². The lowest BCUT2D eigenvalue weighted by molar-refractivity contribution is 0.0916. The van der Waals surface area contributed by atoms with E-state index in [4.69, 9.17) is 0 Å². The van der Waals surface area contributed by atoms with E-state index in [1.807, 2.05) is 22.9 Å². The van der Waals surface area contributed by atoms with Crippen molar-refractivity contribution in [3.8, 4) is 5.82 Å². The van der Waals surface area contributed by atoms with Crippen LogP contribution in [-0.2, 0) is 6.42 Å². The number of hydrogen-bond acceptors (Lipinski definition) is 3. The predicted octanol–water partition coefficient (Wildman–Crippen LogP) is 2.11. The van der Waals surface area contributed by atoms with Gasteiger partial charge in [-0.05, 0) is 31.4 Å². The van der Waals surface area contributed by atoms with Crippen molar-refractivity contribution < 1.29 is 4.79 Å². The van der Waals surface area contributed by atoms with Crippen molar-refractivity contribution in [2.24, 2.45) is 0 Å². The van der Waals surface area contributed by atoms with Gasteiger partial charge in [0.1, 0.15) is 11.6 Å². The zero-order chi connectivity index (χ0) is 13.9. The first-order valence-corrected chi connectivity index (χ1v) is 7.07. The minimum absolute atomic E-state index is 0.0323. The normalized spacial score (nSPS) is 14.8. The largest absolute Gasteiger partial charge is 0.349 e. The minimum atomic E-state index is -0.0323. The van der Waals surface area contributed by atoms with Crippen LogP contribution in [-0.4, -0.2) is 26.5 Å². The number of carbonyl (C=O) groups is 1. The van der Waals surface area contributed by atoms with E-state index < -0.39 is 0 Å². The van der Waals surface area contributed by atoms with Gasteiger partial charge < -0.3 is 5.32 Å². The van der Waals surface area contributed by atoms with Gasteiger partial charge in [0.15, 0.2) is 0 Å². The molecule has 3 rings (SSSR count). The molecule has 0 spiro atoms. The van der Waals surface area contributed by atoms with Crippen molar-refractivity contribution in [2.45, 2.75) is 38.6 Å². The first kappa shape index (κ1) is 12.8. The fraction of sp³-hybridized carbons (Fsp3) is 0.400. The molecule has 1 aliphatic rings. The molecule has 0 radical (unpaired) electrons. The molecule has 5 nitrogen and oxygen atoms in total. The molecule has 0 atom stereocenters. The molecule has 0 aliphatic heterocycles. The number of nitrogens with one attached hydrogen (secondary N) is 1. The molecule has 1 amide bonds. The Morgan fingerprint density at radius 2 is 2.25 bits per heavy atom. The number of amides is 1. The Labute approximate surface area is 118 Å². The first-order valence-electron chi connectivity index (χ1n) is 7.07. The molecular weight excluding hydrogens is 252 g/mol. The number of rotatable bonds is 4. The summed E-state index contributed by atoms with van der Waals surface area (Å²) in [5, 5.41) is 3.01. The molecule has 2 heterocycles. The molecule has 2 aromatic rings. The summed E-state index contributed by atoms with van der Waals surface area (Å²) in [5.74, 6) is 1.72. The zero-order valence-corrected chi connectivity index (χ0v) is 11.5. The van der Waals surface area contributed by atoms with Crippen molar-refractivity contribution in [2.75, 3.05) is 0 Å². The predicted molar refractivity (Wildman–Crippen MR) is 75.8 cm³/mol. The lowest BCUT2D eigenvalue weighted by Gasteiger charge is -2.26. The topological polar surface area (TPSA) is 59.8 Å². The van der Waals surface area contributed by atoms with Crippen LogP contribution in [0.1, 0.15) is 42.4 Å². The summed E-state index contributed by atoms with van der Waals surface area (Å²) in [6.07, 6.45) is 9.51. The molecule has 1 fully saturated rings. The number of aromatic nitrogens is 3. The molecule has 5 heteroatoms. The van der Waals surface area contributed by atoms with E-state index >= 15 is 0 Å². The van der Waals surface area contributed by atoms with E-state index in [-0.39, 0.29) is 5.91 Å². The number of hydrogen-bond donors (Lipinski definition) is 1. The summed E-state index contributed by atoms with van der Waals surface area (Å²) in [5.41, 5.74) is 0.610. The van der Waals surface area contributed by atoms with E-state index in [2.05, 4.69) is 22.2 Å². The summed E-state index contributed by atoms with van der Waals surface area (Å²) in [6.45, 7) is 2.05. The Hall–Kier alpha value is -2.17. The average Bonchev–Trinajstić information content (AvgIpc) is 2.91. The lowest BCUT2D eigenvalue weighted by atomic mass is 9.93. The van der Waals surface area contributed by atoms with Crippen molar-refractivity contribution in [1.29, 1.82) is 0 Å². The zero-order valence-electron chi connectivity index (χ0n) is 11.5. The lowest BCUT2D eigenvalue weighted by Crippen LogP contribution is -2.39. The molecule has 20 heavy (non-hydrogen) atoms. The highest BCUT2D eigenvalue weighted by molar-refractivity contribution is 5.94. The van der Waals surface area contributed by atoms with Gasteiger partial charge in [-0.15, -0.1) is 0 Å². The monoisotopic (exact) mass is 270 g/mol. The summed E-state index contributed by atoms with van der Waals surface area (Å²) in [4.78, 5) is 20.6. The molecule has 0 bridgehead atoms. The van der Waals surface area contributed by atoms with Gasteiger partial charge in [-0.2, -0.15) is 0 Å². The summed E-state index contributed by atoms with van der Waals surface area (Å²) in [6, 6.07) is 4.02. The molecule has 1 N–H and O–H groups in total. The second kappa shape index (κ2) is 5.45. The summed E-state index contributed by atoms with van der Waals surface area (Å²) in [7, 11) is 0. The maximum Gasteiger partial charge on any atom is 0.253 e. The third kappa shape index (κ3) is 2.43. The van der Waals surface area contributed by atoms with Crippen LogP contribution in [0.5, 0.6) is 0 Å². The van der Waals surface area contributed by atoms with E-state index in [0.717, 1.165) is 30.9 Å². The molecular formula is C15H18N4O. The Balaban J connectivity index is 1.75. The van der Waals surface area contributed by atoms with Gasteiger partial charge >= 0.3 is 0 Å². The second-order valence-electron chi connectivity index (χ2n) is 5.07. The van der Waals surface area contributed by atoms with E-state index in [1.165, 1.54) is 6.42 Å². The molecule has 1 aliphatic carbocycles. The number of nitrogens with zero attached hydrogens (tertiary/aromatic N) is 3. The highest BCUT2D eigenvalue weighted by atomic mass is 16.1. The van der Waals surface area contributed by atoms with E-state index in [1.54, 1.807) is 12.4 Å². The average molecular weight is 270 g/mol. The highest BCUT2D eigenvalue weighted by Gasteiger charge is 2.20.